The number of halogens is 2. The van der Waals surface area contributed by atoms with E-state index in [1.165, 1.54) is 8.96 Å². The molecule has 62 valence electrons. The Kier molecular flexibility index (Phi) is 2.12. The maximum atomic E-state index is 4.15. The van der Waals surface area contributed by atoms with Gasteiger partial charge in [-0.3, -0.25) is 5.10 Å². The van der Waals surface area contributed by atoms with Gasteiger partial charge in [-0.15, -0.1) is 0 Å². The second-order valence-corrected chi connectivity index (χ2v) is 4.70. The Bertz CT molecular complexity index is 436. The fourth-order valence-corrected chi connectivity index (χ4v) is 2.81. The van der Waals surface area contributed by atoms with E-state index in [4.69, 9.17) is 0 Å². The number of hydrogen-bond donors (Lipinski definition) is 1. The van der Waals surface area contributed by atoms with Crippen LogP contribution in [0.5, 0.6) is 0 Å². The number of aryl methyl sites for hydroxylation is 1. The van der Waals surface area contributed by atoms with Crippen LogP contribution in [0.2, 0.25) is 0 Å². The average Bonchev–Trinajstić information content (AvgIpc) is 2.33. The molecule has 0 bridgehead atoms. The van der Waals surface area contributed by atoms with E-state index >= 15 is 0 Å². The molecule has 0 atom stereocenters. The Morgan fingerprint density at radius 1 is 1.50 bits per heavy atom. The van der Waals surface area contributed by atoms with Crippen LogP contribution in [0, 0.1) is 10.5 Å². The van der Waals surface area contributed by atoms with Crippen molar-refractivity contribution in [2.24, 2.45) is 0 Å². The molecule has 0 unspecified atom stereocenters. The average molecular weight is 337 g/mol. The predicted molar refractivity (Wildman–Crippen MR) is 61.2 cm³/mol. The van der Waals surface area contributed by atoms with Gasteiger partial charge in [-0.1, -0.05) is 15.9 Å². The fraction of sp³-hybridized carbons (Fsp3) is 0.125. The molecule has 1 aromatic heterocycles. The highest BCUT2D eigenvalue weighted by molar-refractivity contribution is 14.1. The van der Waals surface area contributed by atoms with Crippen molar-refractivity contribution in [3.63, 3.8) is 0 Å². The van der Waals surface area contributed by atoms with Crippen LogP contribution in [0.15, 0.2) is 16.6 Å². The minimum Gasteiger partial charge on any atom is -0.276 e. The molecule has 0 spiro atoms. The molecule has 0 amide bonds. The van der Waals surface area contributed by atoms with Crippen molar-refractivity contribution in [1.29, 1.82) is 0 Å². The summed E-state index contributed by atoms with van der Waals surface area (Å²) in [6, 6.07) is 4.15. The minimum atomic E-state index is 1.05. The molecule has 2 aromatic rings. The summed E-state index contributed by atoms with van der Waals surface area (Å²) in [7, 11) is 0. The first-order valence-electron chi connectivity index (χ1n) is 3.48. The quantitative estimate of drug-likeness (QED) is 0.735. The number of nitrogens with zero attached hydrogens (tertiary/aromatic N) is 1. The van der Waals surface area contributed by atoms with Crippen molar-refractivity contribution in [3.05, 3.63) is 25.9 Å². The van der Waals surface area contributed by atoms with Gasteiger partial charge in [0.2, 0.25) is 0 Å². The molecule has 0 aliphatic carbocycles. The molecule has 1 N–H and O–H groups in total. The van der Waals surface area contributed by atoms with Crippen LogP contribution >= 0.6 is 38.5 Å². The maximum Gasteiger partial charge on any atom is 0.0787 e. The third-order valence-electron chi connectivity index (χ3n) is 1.78. The molecule has 1 aromatic carbocycles. The summed E-state index contributed by atoms with van der Waals surface area (Å²) < 4.78 is 2.29. The van der Waals surface area contributed by atoms with Gasteiger partial charge in [0.1, 0.15) is 0 Å². The molecule has 4 heteroatoms. The van der Waals surface area contributed by atoms with Crippen LogP contribution in [0.1, 0.15) is 5.69 Å². The van der Waals surface area contributed by atoms with E-state index in [1.807, 2.05) is 6.92 Å². The number of nitrogens with one attached hydrogen (secondary N) is 1. The Labute approximate surface area is 92.0 Å². The number of H-pyrrole nitrogens is 1. The number of aromatic amines is 1. The summed E-state index contributed by atoms with van der Waals surface area (Å²) in [6.45, 7) is 2.00. The molecule has 0 aliphatic rings. The van der Waals surface area contributed by atoms with Crippen LogP contribution in [0.25, 0.3) is 10.9 Å². The molecule has 0 saturated carbocycles. The van der Waals surface area contributed by atoms with Gasteiger partial charge in [0.15, 0.2) is 0 Å². The summed E-state index contributed by atoms with van der Waals surface area (Å²) >= 11 is 5.75. The predicted octanol–water partition coefficient (Wildman–Crippen LogP) is 3.24. The van der Waals surface area contributed by atoms with E-state index < -0.39 is 0 Å². The van der Waals surface area contributed by atoms with E-state index in [0.29, 0.717) is 0 Å². The van der Waals surface area contributed by atoms with Gasteiger partial charge in [-0.2, -0.15) is 5.10 Å². The van der Waals surface area contributed by atoms with Crippen LogP contribution in [-0.4, -0.2) is 10.2 Å². The molecule has 0 saturated heterocycles. The third-order valence-corrected chi connectivity index (χ3v) is 3.09. The highest BCUT2D eigenvalue weighted by Gasteiger charge is 2.05. The Hall–Kier alpha value is -0.100. The monoisotopic (exact) mass is 336 g/mol. The molecule has 2 nitrogen and oxygen atoms in total. The van der Waals surface area contributed by atoms with Crippen LogP contribution in [0.4, 0.5) is 0 Å². The molecular weight excluding hydrogens is 331 g/mol. The molecule has 0 aliphatic heterocycles. The summed E-state index contributed by atoms with van der Waals surface area (Å²) in [4.78, 5) is 0. The van der Waals surface area contributed by atoms with Gasteiger partial charge in [-0.05, 0) is 41.6 Å². The second-order valence-electron chi connectivity index (χ2n) is 2.62. The van der Waals surface area contributed by atoms with Crippen LogP contribution in [0.3, 0.4) is 0 Å². The van der Waals surface area contributed by atoms with Crippen molar-refractivity contribution in [1.82, 2.24) is 10.2 Å². The van der Waals surface area contributed by atoms with E-state index in [2.05, 4.69) is 60.9 Å². The van der Waals surface area contributed by atoms with Gasteiger partial charge < -0.3 is 0 Å². The lowest BCUT2D eigenvalue weighted by molar-refractivity contribution is 1.07. The molecule has 1 heterocycles. The van der Waals surface area contributed by atoms with Crippen LogP contribution < -0.4 is 0 Å². The highest BCUT2D eigenvalue weighted by atomic mass is 127. The number of rotatable bonds is 0. The van der Waals surface area contributed by atoms with E-state index in [-0.39, 0.29) is 0 Å². The summed E-state index contributed by atoms with van der Waals surface area (Å²) in [6.07, 6.45) is 0. The summed E-state index contributed by atoms with van der Waals surface area (Å²) in [5.41, 5.74) is 2.17. The van der Waals surface area contributed by atoms with Crippen molar-refractivity contribution >= 4 is 49.4 Å². The first-order valence-corrected chi connectivity index (χ1v) is 5.35. The SMILES string of the molecule is Cc1n[nH]c2c(I)cc(Br)cc12. The Morgan fingerprint density at radius 3 is 3.00 bits per heavy atom. The lowest BCUT2D eigenvalue weighted by Gasteiger charge is -1.95. The number of aromatic nitrogens is 2. The highest BCUT2D eigenvalue weighted by Crippen LogP contribution is 2.25. The topological polar surface area (TPSA) is 28.7 Å². The van der Waals surface area contributed by atoms with E-state index in [9.17, 15) is 0 Å². The lowest BCUT2D eigenvalue weighted by atomic mass is 10.2. The van der Waals surface area contributed by atoms with Gasteiger partial charge in [0, 0.05) is 13.4 Å². The smallest absolute Gasteiger partial charge is 0.0787 e. The molecule has 0 fully saturated rings. The van der Waals surface area contributed by atoms with Crippen molar-refractivity contribution in [2.45, 2.75) is 6.92 Å². The zero-order valence-corrected chi connectivity index (χ0v) is 10.1. The van der Waals surface area contributed by atoms with Gasteiger partial charge in [0.05, 0.1) is 11.2 Å². The van der Waals surface area contributed by atoms with Crippen LogP contribution in [-0.2, 0) is 0 Å². The zero-order chi connectivity index (χ0) is 8.72. The standard InChI is InChI=1S/C8H6BrIN2/c1-4-6-2-5(9)3-7(10)8(6)12-11-4/h2-3H,1H3,(H,11,12). The van der Waals surface area contributed by atoms with Crippen molar-refractivity contribution in [2.75, 3.05) is 0 Å². The van der Waals surface area contributed by atoms with Gasteiger partial charge >= 0.3 is 0 Å². The van der Waals surface area contributed by atoms with E-state index in [0.717, 1.165) is 15.7 Å². The second kappa shape index (κ2) is 2.99. The van der Waals surface area contributed by atoms with E-state index in [1.54, 1.807) is 0 Å². The normalized spacial score (nSPS) is 10.9. The summed E-state index contributed by atoms with van der Waals surface area (Å²) in [5.74, 6) is 0. The van der Waals surface area contributed by atoms with Gasteiger partial charge in [0.25, 0.3) is 0 Å². The fourth-order valence-electron chi connectivity index (χ4n) is 1.17. The Balaban J connectivity index is 2.92. The number of benzene rings is 1. The summed E-state index contributed by atoms with van der Waals surface area (Å²) in [5, 5.41) is 8.34. The third kappa shape index (κ3) is 1.26. The van der Waals surface area contributed by atoms with Crippen molar-refractivity contribution < 1.29 is 0 Å². The maximum absolute atomic E-state index is 4.15. The zero-order valence-electron chi connectivity index (χ0n) is 6.36. The Morgan fingerprint density at radius 2 is 2.25 bits per heavy atom. The largest absolute Gasteiger partial charge is 0.276 e. The molecule has 0 radical (unpaired) electrons. The first-order chi connectivity index (χ1) is 5.68. The minimum absolute atomic E-state index is 1.05. The first kappa shape index (κ1) is 8.50. The molecular formula is C8H6BrIN2. The van der Waals surface area contributed by atoms with Crippen molar-refractivity contribution in [3.8, 4) is 0 Å². The number of fused-ring (bicyclic) bond motifs is 1. The molecule has 12 heavy (non-hydrogen) atoms. The molecule has 2 rings (SSSR count). The van der Waals surface area contributed by atoms with Gasteiger partial charge in [-0.25, -0.2) is 0 Å². The lowest BCUT2D eigenvalue weighted by Crippen LogP contribution is -1.76. The number of hydrogen-bond acceptors (Lipinski definition) is 1.